The highest BCUT2D eigenvalue weighted by Gasteiger charge is 2.80. The average molecular weight is 401 g/mol. The Kier molecular flexibility index (Phi) is 4.83. The Bertz CT molecular complexity index is 640. The Hall–Kier alpha value is -0.0400. The molecule has 0 aliphatic heterocycles. The Morgan fingerprint density at radius 1 is 0.828 bits per heavy atom. The zero-order chi connectivity index (χ0) is 20.7. The molecule has 0 unspecified atom stereocenters. The monoisotopic (exact) mass is 400 g/mol. The van der Waals surface area contributed by atoms with Crippen molar-refractivity contribution in [3.8, 4) is 0 Å². The van der Waals surface area contributed by atoms with Gasteiger partial charge in [0.15, 0.2) is 0 Å². The molecule has 0 bridgehead atoms. The molecule has 166 valence electrons. The van der Waals surface area contributed by atoms with E-state index in [9.17, 15) is 5.11 Å². The molecule has 0 amide bonds. The highest BCUT2D eigenvalue weighted by atomic mass is 16.3. The fraction of sp³-hybridized carbons (Fsp3) is 1.00. The van der Waals surface area contributed by atoms with Gasteiger partial charge in [-0.3, -0.25) is 0 Å². The fourth-order valence-electron chi connectivity index (χ4n) is 10.6. The molecule has 0 heterocycles. The van der Waals surface area contributed by atoms with Crippen LogP contribution in [0, 0.1) is 51.2 Å². The summed E-state index contributed by atoms with van der Waals surface area (Å²) in [5, 5.41) is 10.3. The lowest BCUT2D eigenvalue weighted by molar-refractivity contribution is -0.133. The van der Waals surface area contributed by atoms with Gasteiger partial charge in [0.1, 0.15) is 0 Å². The van der Waals surface area contributed by atoms with Gasteiger partial charge in [-0.1, -0.05) is 53.9 Å². The van der Waals surface area contributed by atoms with Crippen LogP contribution in [0.2, 0.25) is 0 Å². The smallest absolute Gasteiger partial charge is 0.0543 e. The van der Waals surface area contributed by atoms with Crippen molar-refractivity contribution < 1.29 is 5.11 Å². The van der Waals surface area contributed by atoms with Gasteiger partial charge in [-0.25, -0.2) is 0 Å². The number of aliphatic hydroxyl groups is 1. The second-order valence-electron chi connectivity index (χ2n) is 13.5. The molecule has 1 nitrogen and oxygen atoms in total. The number of aliphatic hydroxyl groups excluding tert-OH is 1. The lowest BCUT2D eigenvalue weighted by atomic mass is 9.43. The minimum Gasteiger partial charge on any atom is -0.393 e. The molecule has 0 saturated heterocycles. The molecule has 5 fully saturated rings. The predicted molar refractivity (Wildman–Crippen MR) is 122 cm³/mol. The summed E-state index contributed by atoms with van der Waals surface area (Å²) < 4.78 is 0. The van der Waals surface area contributed by atoms with Crippen molar-refractivity contribution in [2.45, 2.75) is 124 Å². The summed E-state index contributed by atoms with van der Waals surface area (Å²) in [6, 6.07) is 0. The van der Waals surface area contributed by atoms with Gasteiger partial charge >= 0.3 is 0 Å². The summed E-state index contributed by atoms with van der Waals surface area (Å²) in [5.74, 6) is 4.55. The largest absolute Gasteiger partial charge is 0.393 e. The molecule has 5 rings (SSSR count). The molecule has 1 heteroatoms. The Morgan fingerprint density at radius 3 is 2.38 bits per heavy atom. The topological polar surface area (TPSA) is 20.2 Å². The van der Waals surface area contributed by atoms with Crippen LogP contribution in [0.1, 0.15) is 118 Å². The number of hydrogen-bond donors (Lipinski definition) is 1. The van der Waals surface area contributed by atoms with Crippen molar-refractivity contribution in [3.63, 3.8) is 0 Å². The van der Waals surface area contributed by atoms with Gasteiger partial charge < -0.3 is 5.11 Å². The van der Waals surface area contributed by atoms with Crippen LogP contribution in [0.4, 0.5) is 0 Å². The van der Waals surface area contributed by atoms with Gasteiger partial charge in [0.05, 0.1) is 6.10 Å². The van der Waals surface area contributed by atoms with E-state index in [0.717, 1.165) is 42.4 Å². The number of fused-ring (bicyclic) bond motifs is 2. The minimum absolute atomic E-state index is 0.00631. The summed E-state index contributed by atoms with van der Waals surface area (Å²) in [4.78, 5) is 0. The first kappa shape index (κ1) is 20.8. The Balaban J connectivity index is 1.36. The molecule has 2 spiro atoms. The van der Waals surface area contributed by atoms with E-state index in [1.807, 2.05) is 0 Å². The van der Waals surface area contributed by atoms with Crippen LogP contribution in [-0.2, 0) is 0 Å². The van der Waals surface area contributed by atoms with Crippen molar-refractivity contribution in [2.75, 3.05) is 0 Å². The van der Waals surface area contributed by atoms with Crippen molar-refractivity contribution in [1.82, 2.24) is 0 Å². The highest BCUT2D eigenvalue weighted by molar-refractivity contribution is 5.29. The van der Waals surface area contributed by atoms with Crippen LogP contribution in [0.15, 0.2) is 0 Å². The second kappa shape index (κ2) is 6.73. The van der Waals surface area contributed by atoms with E-state index in [1.54, 1.807) is 0 Å². The van der Waals surface area contributed by atoms with Crippen molar-refractivity contribution in [1.29, 1.82) is 0 Å². The molecule has 1 N–H and O–H groups in total. The molecular formula is C28H48O. The van der Waals surface area contributed by atoms with Crippen molar-refractivity contribution in [3.05, 3.63) is 0 Å². The van der Waals surface area contributed by atoms with Crippen LogP contribution in [0.3, 0.4) is 0 Å². The minimum atomic E-state index is 0.00631. The van der Waals surface area contributed by atoms with E-state index < -0.39 is 0 Å². The van der Waals surface area contributed by atoms with Crippen LogP contribution in [0.25, 0.3) is 0 Å². The molecule has 0 aromatic rings. The first-order valence-corrected chi connectivity index (χ1v) is 13.4. The van der Waals surface area contributed by atoms with Crippen LogP contribution >= 0.6 is 0 Å². The maximum atomic E-state index is 10.3. The predicted octanol–water partition coefficient (Wildman–Crippen LogP) is 7.61. The lowest BCUT2D eigenvalue weighted by Crippen LogP contribution is -2.55. The van der Waals surface area contributed by atoms with Crippen molar-refractivity contribution in [2.24, 2.45) is 51.2 Å². The molecule has 5 saturated carbocycles. The molecule has 29 heavy (non-hydrogen) atoms. The van der Waals surface area contributed by atoms with Gasteiger partial charge in [-0.2, -0.15) is 0 Å². The first-order chi connectivity index (χ1) is 13.7. The maximum Gasteiger partial charge on any atom is 0.0543 e. The molecule has 0 aromatic carbocycles. The summed E-state index contributed by atoms with van der Waals surface area (Å²) in [5.41, 5.74) is 2.48. The molecule has 5 aliphatic rings. The Morgan fingerprint density at radius 2 is 1.62 bits per heavy atom. The number of rotatable bonds is 5. The summed E-state index contributed by atoms with van der Waals surface area (Å²) in [6.07, 6.45) is 18.3. The molecule has 9 atom stereocenters. The third-order valence-corrected chi connectivity index (χ3v) is 12.3. The average Bonchev–Trinajstić information content (AvgIpc) is 3.24. The third-order valence-electron chi connectivity index (χ3n) is 12.3. The molecule has 0 radical (unpaired) electrons. The summed E-state index contributed by atoms with van der Waals surface area (Å²) in [6.45, 7) is 12.9. The molecule has 0 aromatic heterocycles. The second-order valence-corrected chi connectivity index (χ2v) is 13.5. The van der Waals surface area contributed by atoms with Crippen LogP contribution < -0.4 is 0 Å². The summed E-state index contributed by atoms with van der Waals surface area (Å²) in [7, 11) is 0. The van der Waals surface area contributed by atoms with E-state index in [0.29, 0.717) is 21.7 Å². The van der Waals surface area contributed by atoms with E-state index >= 15 is 0 Å². The van der Waals surface area contributed by atoms with E-state index in [4.69, 9.17) is 0 Å². The van der Waals surface area contributed by atoms with Gasteiger partial charge in [-0.05, 0) is 115 Å². The van der Waals surface area contributed by atoms with Crippen LogP contribution in [0.5, 0.6) is 0 Å². The SMILES string of the molecule is CC(C)CCC[C@@H](C)[C@H]1CC[C@@]2(C)[C@@H]3CC[C@H]4C[C@@H](O)CC[C@]45C[C@]35CC[C@]12C. The maximum absolute atomic E-state index is 10.3. The lowest BCUT2D eigenvalue weighted by Gasteiger charge is -2.61. The normalized spacial score (nSPS) is 54.3. The molecular weight excluding hydrogens is 352 g/mol. The third kappa shape index (κ3) is 2.67. The zero-order valence-corrected chi connectivity index (χ0v) is 20.1. The fourth-order valence-corrected chi connectivity index (χ4v) is 10.6. The zero-order valence-electron chi connectivity index (χ0n) is 20.1. The quantitative estimate of drug-likeness (QED) is 0.503. The summed E-state index contributed by atoms with van der Waals surface area (Å²) >= 11 is 0. The van der Waals surface area contributed by atoms with Gasteiger partial charge in [0.2, 0.25) is 0 Å². The molecule has 5 aliphatic carbocycles. The van der Waals surface area contributed by atoms with E-state index in [1.165, 1.54) is 70.6 Å². The first-order valence-electron chi connectivity index (χ1n) is 13.4. The van der Waals surface area contributed by atoms with E-state index in [2.05, 4.69) is 34.6 Å². The standard InChI is InChI=1S/C28H48O/c1-19(2)7-6-8-20(3)23-12-13-26(5)24-10-9-21-17-22(29)11-14-27(21)18-28(24,27)16-15-25(23,26)4/h19-24,29H,6-18H2,1-5H3/t20-,21+,22+,23-,24+,25-,26+,27+,28-/m1/s1. The van der Waals surface area contributed by atoms with Crippen LogP contribution in [-0.4, -0.2) is 11.2 Å². The Labute approximate surface area is 180 Å². The van der Waals surface area contributed by atoms with Gasteiger partial charge in [0, 0.05) is 0 Å². The van der Waals surface area contributed by atoms with E-state index in [-0.39, 0.29) is 6.10 Å². The van der Waals surface area contributed by atoms with Gasteiger partial charge in [-0.15, -0.1) is 0 Å². The van der Waals surface area contributed by atoms with Gasteiger partial charge in [0.25, 0.3) is 0 Å². The number of hydrogen-bond acceptors (Lipinski definition) is 1. The highest BCUT2D eigenvalue weighted by Crippen LogP contribution is 2.87. The van der Waals surface area contributed by atoms with Crippen molar-refractivity contribution >= 4 is 0 Å².